The molecule has 0 radical (unpaired) electrons. The lowest BCUT2D eigenvalue weighted by Crippen LogP contribution is -1.96. The summed E-state index contributed by atoms with van der Waals surface area (Å²) in [7, 11) is 0. The summed E-state index contributed by atoms with van der Waals surface area (Å²) in [6.07, 6.45) is 0.938. The highest BCUT2D eigenvalue weighted by Crippen LogP contribution is 2.32. The van der Waals surface area contributed by atoms with Crippen molar-refractivity contribution in [3.8, 4) is 11.8 Å². The lowest BCUT2D eigenvalue weighted by molar-refractivity contribution is 0.307. The number of fused-ring (bicyclic) bond motifs is 1. The van der Waals surface area contributed by atoms with E-state index in [0.717, 1.165) is 23.1 Å². The number of rotatable bonds is 2. The summed E-state index contributed by atoms with van der Waals surface area (Å²) in [5.74, 6) is 1.33. The van der Waals surface area contributed by atoms with E-state index in [1.165, 1.54) is 0 Å². The Morgan fingerprint density at radius 2 is 2.54 bits per heavy atom. The Bertz CT molecular complexity index is 328. The third kappa shape index (κ3) is 1.63. The number of ether oxygens (including phenoxy) is 2. The first-order valence-corrected chi connectivity index (χ1v) is 5.05. The molecule has 0 amide bonds. The zero-order chi connectivity index (χ0) is 9.26. The molecule has 1 aliphatic heterocycles. The number of pyridine rings is 1. The Hall–Kier alpha value is -0.770. The predicted octanol–water partition coefficient (Wildman–Crippen LogP) is 2.18. The molecule has 0 N–H and O–H groups in total. The van der Waals surface area contributed by atoms with Crippen LogP contribution in [-0.4, -0.2) is 18.2 Å². The molecule has 2 heterocycles. The quantitative estimate of drug-likeness (QED) is 0.798. The van der Waals surface area contributed by atoms with E-state index in [-0.39, 0.29) is 0 Å². The molecular weight excluding hydrogens is 234 g/mol. The third-order valence-corrected chi connectivity index (χ3v) is 2.44. The predicted molar refractivity (Wildman–Crippen MR) is 52.3 cm³/mol. The van der Waals surface area contributed by atoms with E-state index in [0.29, 0.717) is 18.4 Å². The molecule has 0 aromatic carbocycles. The van der Waals surface area contributed by atoms with Crippen molar-refractivity contribution in [2.45, 2.75) is 13.3 Å². The van der Waals surface area contributed by atoms with Gasteiger partial charge in [0.05, 0.1) is 17.7 Å². The van der Waals surface area contributed by atoms with Crippen LogP contribution in [0.4, 0.5) is 0 Å². The number of aromatic nitrogens is 1. The maximum absolute atomic E-state index is 5.33. The summed E-state index contributed by atoms with van der Waals surface area (Å²) in [5, 5.41) is 0. The normalized spacial score (nSPS) is 13.7. The molecule has 1 aromatic rings. The SMILES string of the molecule is CCOc1nc2c(cc1Br)CCO2. The summed E-state index contributed by atoms with van der Waals surface area (Å²) >= 11 is 3.41. The van der Waals surface area contributed by atoms with Crippen LogP contribution in [0.2, 0.25) is 0 Å². The van der Waals surface area contributed by atoms with Crippen LogP contribution in [0.1, 0.15) is 12.5 Å². The van der Waals surface area contributed by atoms with Crippen LogP contribution in [0.15, 0.2) is 10.5 Å². The van der Waals surface area contributed by atoms with Crippen LogP contribution < -0.4 is 9.47 Å². The van der Waals surface area contributed by atoms with E-state index in [1.807, 2.05) is 13.0 Å². The van der Waals surface area contributed by atoms with Crippen molar-refractivity contribution in [3.63, 3.8) is 0 Å². The average molecular weight is 244 g/mol. The fourth-order valence-corrected chi connectivity index (χ4v) is 1.77. The molecule has 1 aromatic heterocycles. The minimum absolute atomic E-state index is 0.614. The zero-order valence-corrected chi connectivity index (χ0v) is 8.93. The third-order valence-electron chi connectivity index (χ3n) is 1.87. The van der Waals surface area contributed by atoms with Crippen molar-refractivity contribution in [1.82, 2.24) is 4.98 Å². The van der Waals surface area contributed by atoms with Gasteiger partial charge in [-0.3, -0.25) is 0 Å². The topological polar surface area (TPSA) is 31.4 Å². The van der Waals surface area contributed by atoms with Crippen molar-refractivity contribution in [1.29, 1.82) is 0 Å². The van der Waals surface area contributed by atoms with Gasteiger partial charge in [-0.1, -0.05) is 0 Å². The van der Waals surface area contributed by atoms with Crippen molar-refractivity contribution in [3.05, 3.63) is 16.1 Å². The lowest BCUT2D eigenvalue weighted by Gasteiger charge is -2.06. The minimum Gasteiger partial charge on any atom is -0.477 e. The van der Waals surface area contributed by atoms with Gasteiger partial charge in [-0.15, -0.1) is 0 Å². The number of halogens is 1. The molecule has 13 heavy (non-hydrogen) atoms. The average Bonchev–Trinajstić information content (AvgIpc) is 2.52. The van der Waals surface area contributed by atoms with Crippen LogP contribution in [0, 0.1) is 0 Å². The molecule has 70 valence electrons. The molecule has 0 unspecified atom stereocenters. The Morgan fingerprint density at radius 3 is 3.31 bits per heavy atom. The van der Waals surface area contributed by atoms with Crippen LogP contribution in [0.25, 0.3) is 0 Å². The summed E-state index contributed by atoms with van der Waals surface area (Å²) < 4.78 is 11.6. The fourth-order valence-electron chi connectivity index (χ4n) is 1.29. The van der Waals surface area contributed by atoms with Crippen molar-refractivity contribution in [2.24, 2.45) is 0 Å². The van der Waals surface area contributed by atoms with Crippen LogP contribution in [-0.2, 0) is 6.42 Å². The van der Waals surface area contributed by atoms with Crippen LogP contribution in [0.3, 0.4) is 0 Å². The van der Waals surface area contributed by atoms with Crippen molar-refractivity contribution >= 4 is 15.9 Å². The first-order chi connectivity index (χ1) is 6.31. The Morgan fingerprint density at radius 1 is 1.69 bits per heavy atom. The van der Waals surface area contributed by atoms with Gasteiger partial charge in [-0.2, -0.15) is 4.98 Å². The van der Waals surface area contributed by atoms with E-state index in [1.54, 1.807) is 0 Å². The first kappa shape index (κ1) is 8.81. The van der Waals surface area contributed by atoms with Gasteiger partial charge < -0.3 is 9.47 Å². The van der Waals surface area contributed by atoms with Gasteiger partial charge in [0.2, 0.25) is 11.8 Å². The Kier molecular flexibility index (Phi) is 2.40. The molecule has 2 rings (SSSR count). The van der Waals surface area contributed by atoms with Gasteiger partial charge in [0, 0.05) is 12.0 Å². The van der Waals surface area contributed by atoms with Gasteiger partial charge in [0.1, 0.15) is 0 Å². The molecular formula is C9H10BrNO2. The van der Waals surface area contributed by atoms with E-state index >= 15 is 0 Å². The second-order valence-electron chi connectivity index (χ2n) is 2.77. The molecule has 4 heteroatoms. The van der Waals surface area contributed by atoms with Crippen LogP contribution >= 0.6 is 15.9 Å². The summed E-state index contributed by atoms with van der Waals surface area (Å²) in [6, 6.07) is 2.01. The first-order valence-electron chi connectivity index (χ1n) is 4.26. The van der Waals surface area contributed by atoms with E-state index in [4.69, 9.17) is 9.47 Å². The van der Waals surface area contributed by atoms with Gasteiger partial charge in [0.15, 0.2) is 0 Å². The Labute approximate surface area is 85.2 Å². The van der Waals surface area contributed by atoms with Crippen molar-refractivity contribution < 1.29 is 9.47 Å². The number of hydrogen-bond donors (Lipinski definition) is 0. The largest absolute Gasteiger partial charge is 0.477 e. The van der Waals surface area contributed by atoms with Gasteiger partial charge in [0.25, 0.3) is 0 Å². The molecule has 1 aliphatic rings. The highest BCUT2D eigenvalue weighted by atomic mass is 79.9. The lowest BCUT2D eigenvalue weighted by atomic mass is 10.2. The molecule has 0 bridgehead atoms. The molecule has 0 fully saturated rings. The zero-order valence-electron chi connectivity index (χ0n) is 7.34. The second-order valence-corrected chi connectivity index (χ2v) is 3.63. The van der Waals surface area contributed by atoms with E-state index in [9.17, 15) is 0 Å². The van der Waals surface area contributed by atoms with Crippen molar-refractivity contribution in [2.75, 3.05) is 13.2 Å². The Balaban J connectivity index is 2.37. The number of hydrogen-bond acceptors (Lipinski definition) is 3. The molecule has 0 saturated carbocycles. The molecule has 3 nitrogen and oxygen atoms in total. The standard InChI is InChI=1S/C9H10BrNO2/c1-2-12-9-7(10)5-6-3-4-13-8(6)11-9/h5H,2-4H2,1H3. The monoisotopic (exact) mass is 243 g/mol. The molecule has 0 aliphatic carbocycles. The molecule has 0 saturated heterocycles. The molecule has 0 spiro atoms. The minimum atomic E-state index is 0.614. The molecule has 0 atom stereocenters. The van der Waals surface area contributed by atoms with E-state index < -0.39 is 0 Å². The second kappa shape index (κ2) is 3.54. The summed E-state index contributed by atoms with van der Waals surface area (Å²) in [5.41, 5.74) is 1.15. The highest BCUT2D eigenvalue weighted by molar-refractivity contribution is 9.10. The van der Waals surface area contributed by atoms with Gasteiger partial charge in [-0.25, -0.2) is 0 Å². The fraction of sp³-hybridized carbons (Fsp3) is 0.444. The smallest absolute Gasteiger partial charge is 0.231 e. The maximum atomic E-state index is 5.33. The maximum Gasteiger partial charge on any atom is 0.231 e. The summed E-state index contributed by atoms with van der Waals surface area (Å²) in [6.45, 7) is 3.27. The summed E-state index contributed by atoms with van der Waals surface area (Å²) in [4.78, 5) is 4.25. The van der Waals surface area contributed by atoms with Gasteiger partial charge in [-0.05, 0) is 28.9 Å². The van der Waals surface area contributed by atoms with E-state index in [2.05, 4.69) is 20.9 Å². The highest BCUT2D eigenvalue weighted by Gasteiger charge is 2.17. The number of nitrogens with zero attached hydrogens (tertiary/aromatic N) is 1. The van der Waals surface area contributed by atoms with Crippen LogP contribution in [0.5, 0.6) is 11.8 Å². The van der Waals surface area contributed by atoms with Gasteiger partial charge >= 0.3 is 0 Å².